The average Bonchev–Trinajstić information content (AvgIpc) is 2.86. The molecule has 5 nitrogen and oxygen atoms in total. The number of rotatable bonds is 3. The highest BCUT2D eigenvalue weighted by molar-refractivity contribution is 5.76. The lowest BCUT2D eigenvalue weighted by Crippen LogP contribution is -2.10. The van der Waals surface area contributed by atoms with E-state index in [1.165, 1.54) is 11.6 Å². The van der Waals surface area contributed by atoms with E-state index in [0.717, 1.165) is 12.3 Å². The minimum Gasteiger partial charge on any atom is -0.474 e. The largest absolute Gasteiger partial charge is 0.474 e. The number of carbonyl (C=O) groups is 1. The van der Waals surface area contributed by atoms with Gasteiger partial charge in [0.1, 0.15) is 12.7 Å². The maximum Gasteiger partial charge on any atom is 0.244 e. The lowest BCUT2D eigenvalue weighted by Gasteiger charge is -1.97. The van der Waals surface area contributed by atoms with Crippen molar-refractivity contribution in [2.24, 2.45) is 0 Å². The summed E-state index contributed by atoms with van der Waals surface area (Å²) >= 11 is 0. The third-order valence-electron chi connectivity index (χ3n) is 1.98. The summed E-state index contributed by atoms with van der Waals surface area (Å²) in [5.74, 6) is 0.369. The molecule has 1 saturated heterocycles. The second kappa shape index (κ2) is 3.42. The van der Waals surface area contributed by atoms with Gasteiger partial charge < -0.3 is 9.47 Å². The molecule has 0 spiro atoms. The van der Waals surface area contributed by atoms with Gasteiger partial charge in [0, 0.05) is 18.7 Å². The van der Waals surface area contributed by atoms with Gasteiger partial charge in [0.05, 0.1) is 6.61 Å². The minimum atomic E-state index is -0.111. The Kier molecular flexibility index (Phi) is 2.25. The van der Waals surface area contributed by atoms with Crippen LogP contribution in [0.4, 0.5) is 0 Å². The number of hydrogen-bond donors (Lipinski definition) is 0. The molecule has 14 heavy (non-hydrogen) atoms. The van der Waals surface area contributed by atoms with Crippen LogP contribution in [0.3, 0.4) is 0 Å². The Morgan fingerprint density at radius 3 is 3.07 bits per heavy atom. The summed E-state index contributed by atoms with van der Waals surface area (Å²) in [6.45, 7) is 4.55. The summed E-state index contributed by atoms with van der Waals surface area (Å²) in [5, 5.41) is 4.00. The molecule has 0 aromatic carbocycles. The first-order chi connectivity index (χ1) is 6.66. The monoisotopic (exact) mass is 196 g/mol. The summed E-state index contributed by atoms with van der Waals surface area (Å²) in [6.07, 6.45) is 0.206. The fourth-order valence-corrected chi connectivity index (χ4v) is 1.18. The number of nitrogens with zero attached hydrogens (tertiary/aromatic N) is 2. The Hall–Kier alpha value is -1.36. The predicted octanol–water partition coefficient (Wildman–Crippen LogP) is 0.629. The second-order valence-electron chi connectivity index (χ2n) is 3.32. The summed E-state index contributed by atoms with van der Waals surface area (Å²) in [4.78, 5) is 11.1. The topological polar surface area (TPSA) is 56.7 Å². The average molecular weight is 196 g/mol. The lowest BCUT2D eigenvalue weighted by molar-refractivity contribution is 0.0916. The van der Waals surface area contributed by atoms with Crippen molar-refractivity contribution in [2.45, 2.75) is 20.0 Å². The van der Waals surface area contributed by atoms with E-state index in [-0.39, 0.29) is 12.0 Å². The van der Waals surface area contributed by atoms with E-state index in [0.29, 0.717) is 12.5 Å². The summed E-state index contributed by atoms with van der Waals surface area (Å²) in [5.41, 5.74) is 0.782. The number of carbonyl (C=O) groups excluding carboxylic acids is 1. The van der Waals surface area contributed by atoms with Gasteiger partial charge in [-0.1, -0.05) is 0 Å². The van der Waals surface area contributed by atoms with E-state index in [4.69, 9.17) is 9.47 Å². The Balaban J connectivity index is 2.02. The molecule has 2 rings (SSSR count). The van der Waals surface area contributed by atoms with Crippen molar-refractivity contribution in [1.29, 1.82) is 0 Å². The molecule has 2 heterocycles. The maximum absolute atomic E-state index is 11.1. The van der Waals surface area contributed by atoms with Gasteiger partial charge in [-0.25, -0.2) is 4.68 Å². The van der Waals surface area contributed by atoms with E-state index in [1.807, 2.05) is 6.92 Å². The number of hydrogen-bond acceptors (Lipinski definition) is 4. The molecule has 0 radical (unpaired) electrons. The third kappa shape index (κ3) is 1.93. The third-order valence-corrected chi connectivity index (χ3v) is 1.98. The van der Waals surface area contributed by atoms with Crippen LogP contribution in [-0.4, -0.2) is 35.0 Å². The van der Waals surface area contributed by atoms with Gasteiger partial charge in [0.15, 0.2) is 0 Å². The molecule has 1 atom stereocenters. The van der Waals surface area contributed by atoms with Crippen LogP contribution in [0, 0.1) is 6.92 Å². The van der Waals surface area contributed by atoms with Crippen molar-refractivity contribution < 1.29 is 14.3 Å². The quantitative estimate of drug-likeness (QED) is 0.665. The minimum absolute atomic E-state index is 0.111. The van der Waals surface area contributed by atoms with Crippen molar-refractivity contribution in [3.63, 3.8) is 0 Å². The van der Waals surface area contributed by atoms with Crippen molar-refractivity contribution in [2.75, 3.05) is 13.2 Å². The number of aromatic nitrogens is 2. The number of epoxide rings is 1. The first-order valence-electron chi connectivity index (χ1n) is 4.49. The zero-order valence-corrected chi connectivity index (χ0v) is 8.19. The van der Waals surface area contributed by atoms with Crippen LogP contribution in [0.1, 0.15) is 17.4 Å². The molecule has 0 saturated carbocycles. The van der Waals surface area contributed by atoms with E-state index < -0.39 is 0 Å². The van der Waals surface area contributed by atoms with Gasteiger partial charge in [-0.15, -0.1) is 5.10 Å². The standard InChI is InChI=1S/C9H12N2O3/c1-6-3-9(10-11(6)7(2)12)14-5-8-4-13-8/h3,8H,4-5H2,1-2H3/t8-/m1/s1. The zero-order chi connectivity index (χ0) is 10.1. The van der Waals surface area contributed by atoms with Crippen LogP contribution in [-0.2, 0) is 4.74 Å². The smallest absolute Gasteiger partial charge is 0.244 e. The van der Waals surface area contributed by atoms with Gasteiger partial charge in [-0.2, -0.15) is 0 Å². The highest BCUT2D eigenvalue weighted by Gasteiger charge is 2.23. The highest BCUT2D eigenvalue weighted by Crippen LogP contribution is 2.14. The molecule has 1 aliphatic rings. The molecular formula is C9H12N2O3. The number of aryl methyl sites for hydroxylation is 1. The molecule has 0 N–H and O–H groups in total. The molecule has 1 aromatic rings. The molecule has 76 valence electrons. The summed E-state index contributed by atoms with van der Waals surface area (Å²) < 4.78 is 11.6. The normalized spacial score (nSPS) is 19.4. The molecule has 0 aliphatic carbocycles. The van der Waals surface area contributed by atoms with Gasteiger partial charge >= 0.3 is 0 Å². The molecule has 1 fully saturated rings. The van der Waals surface area contributed by atoms with Gasteiger partial charge in [-0.3, -0.25) is 4.79 Å². The Morgan fingerprint density at radius 1 is 1.86 bits per heavy atom. The molecule has 1 aliphatic heterocycles. The van der Waals surface area contributed by atoms with E-state index in [2.05, 4.69) is 5.10 Å². The predicted molar refractivity (Wildman–Crippen MR) is 48.5 cm³/mol. The van der Waals surface area contributed by atoms with E-state index in [1.54, 1.807) is 6.07 Å². The van der Waals surface area contributed by atoms with Gasteiger partial charge in [0.25, 0.3) is 0 Å². The van der Waals surface area contributed by atoms with Crippen LogP contribution in [0.5, 0.6) is 5.88 Å². The fraction of sp³-hybridized carbons (Fsp3) is 0.556. The lowest BCUT2D eigenvalue weighted by atomic mass is 10.4. The summed E-state index contributed by atoms with van der Waals surface area (Å²) in [6, 6.07) is 1.74. The Labute approximate surface area is 81.6 Å². The van der Waals surface area contributed by atoms with Crippen LogP contribution in [0.2, 0.25) is 0 Å². The van der Waals surface area contributed by atoms with Crippen molar-refractivity contribution in [3.05, 3.63) is 11.8 Å². The summed E-state index contributed by atoms with van der Waals surface area (Å²) in [7, 11) is 0. The van der Waals surface area contributed by atoms with Crippen LogP contribution < -0.4 is 4.74 Å². The van der Waals surface area contributed by atoms with E-state index in [9.17, 15) is 4.79 Å². The Morgan fingerprint density at radius 2 is 2.57 bits per heavy atom. The van der Waals surface area contributed by atoms with Crippen LogP contribution in [0.15, 0.2) is 6.07 Å². The van der Waals surface area contributed by atoms with Crippen molar-refractivity contribution in [3.8, 4) is 5.88 Å². The first kappa shape index (κ1) is 9.21. The molecule has 1 aromatic heterocycles. The molecule has 5 heteroatoms. The zero-order valence-electron chi connectivity index (χ0n) is 8.19. The SMILES string of the molecule is CC(=O)n1nc(OC[C@H]2CO2)cc1C. The van der Waals surface area contributed by atoms with Crippen LogP contribution >= 0.6 is 0 Å². The number of ether oxygens (including phenoxy) is 2. The first-order valence-corrected chi connectivity index (χ1v) is 4.49. The fourth-order valence-electron chi connectivity index (χ4n) is 1.18. The molecule has 0 unspecified atom stereocenters. The molecular weight excluding hydrogens is 184 g/mol. The second-order valence-corrected chi connectivity index (χ2v) is 3.32. The Bertz CT molecular complexity index is 355. The van der Waals surface area contributed by atoms with Crippen LogP contribution in [0.25, 0.3) is 0 Å². The van der Waals surface area contributed by atoms with Gasteiger partial charge in [-0.05, 0) is 6.92 Å². The molecule has 0 bridgehead atoms. The maximum atomic E-state index is 11.1. The van der Waals surface area contributed by atoms with Crippen molar-refractivity contribution in [1.82, 2.24) is 9.78 Å². The van der Waals surface area contributed by atoms with Crippen molar-refractivity contribution >= 4 is 5.91 Å². The molecule has 0 amide bonds. The highest BCUT2D eigenvalue weighted by atomic mass is 16.6. The van der Waals surface area contributed by atoms with E-state index >= 15 is 0 Å². The van der Waals surface area contributed by atoms with Gasteiger partial charge in [0.2, 0.25) is 11.8 Å².